The van der Waals surface area contributed by atoms with Crippen LogP contribution in [0.2, 0.25) is 5.02 Å². The van der Waals surface area contributed by atoms with E-state index in [2.05, 4.69) is 10.6 Å². The largest absolute Gasteiger partial charge is 0.387 e. The fourth-order valence-electron chi connectivity index (χ4n) is 2.69. The molecule has 140 valence electrons. The monoisotopic (exact) mass is 389 g/mol. The molecule has 1 aromatic rings. The van der Waals surface area contributed by atoms with Crippen LogP contribution < -0.4 is 10.6 Å². The van der Waals surface area contributed by atoms with E-state index in [1.807, 2.05) is 0 Å². The Hall–Kier alpha value is -1.35. The van der Waals surface area contributed by atoms with Gasteiger partial charge in [-0.1, -0.05) is 23.7 Å². The third kappa shape index (κ3) is 5.85. The summed E-state index contributed by atoms with van der Waals surface area (Å²) < 4.78 is 25.1. The number of nitrogens with one attached hydrogen (secondary N) is 2. The van der Waals surface area contributed by atoms with Gasteiger partial charge >= 0.3 is 6.03 Å². The Labute approximate surface area is 153 Å². The highest BCUT2D eigenvalue weighted by atomic mass is 35.5. The number of nitrogens with zero attached hydrogens (tertiary/aromatic N) is 1. The molecule has 1 heterocycles. The second-order valence-electron chi connectivity index (χ2n) is 6.00. The zero-order valence-corrected chi connectivity index (χ0v) is 15.7. The third-order valence-electron chi connectivity index (χ3n) is 4.26. The van der Waals surface area contributed by atoms with E-state index in [1.165, 1.54) is 4.31 Å². The Morgan fingerprint density at radius 3 is 2.48 bits per heavy atom. The van der Waals surface area contributed by atoms with Crippen LogP contribution in [0.15, 0.2) is 24.3 Å². The molecule has 1 aliphatic heterocycles. The van der Waals surface area contributed by atoms with E-state index in [0.717, 1.165) is 0 Å². The summed E-state index contributed by atoms with van der Waals surface area (Å²) in [4.78, 5) is 11.9. The molecule has 25 heavy (non-hydrogen) atoms. The molecule has 7 nitrogen and oxygen atoms in total. The summed E-state index contributed by atoms with van der Waals surface area (Å²) in [6, 6.07) is 6.32. The maximum Gasteiger partial charge on any atom is 0.315 e. The van der Waals surface area contributed by atoms with Crippen molar-refractivity contribution in [1.82, 2.24) is 14.9 Å². The molecule has 0 radical (unpaired) electrons. The summed E-state index contributed by atoms with van der Waals surface area (Å²) >= 11 is 5.80. The molecular formula is C16H24ClN3O4S. The number of carbonyl (C=O) groups is 1. The average Bonchev–Trinajstić information content (AvgIpc) is 2.61. The SMILES string of the molecule is CCS(=O)(=O)N1CCC(NC(=O)NC[C@@H](O)c2ccc(Cl)cc2)CC1. The molecule has 0 saturated carbocycles. The van der Waals surface area contributed by atoms with Crippen LogP contribution in [-0.4, -0.2) is 55.3 Å². The number of rotatable bonds is 6. The molecule has 2 amide bonds. The predicted molar refractivity (Wildman–Crippen MR) is 97.0 cm³/mol. The Balaban J connectivity index is 1.73. The first-order valence-electron chi connectivity index (χ1n) is 8.27. The van der Waals surface area contributed by atoms with Crippen molar-refractivity contribution in [2.24, 2.45) is 0 Å². The predicted octanol–water partition coefficient (Wildman–Crippen LogP) is 1.49. The number of benzene rings is 1. The molecule has 0 spiro atoms. The van der Waals surface area contributed by atoms with E-state index in [9.17, 15) is 18.3 Å². The highest BCUT2D eigenvalue weighted by molar-refractivity contribution is 7.89. The molecule has 0 unspecified atom stereocenters. The summed E-state index contributed by atoms with van der Waals surface area (Å²) in [5, 5.41) is 16.1. The molecule has 1 atom stereocenters. The first kappa shape index (κ1) is 20.0. The molecule has 1 aliphatic rings. The maximum absolute atomic E-state index is 11.9. The minimum Gasteiger partial charge on any atom is -0.387 e. The average molecular weight is 390 g/mol. The van der Waals surface area contributed by atoms with Crippen molar-refractivity contribution < 1.29 is 18.3 Å². The van der Waals surface area contributed by atoms with Gasteiger partial charge in [0.1, 0.15) is 0 Å². The highest BCUT2D eigenvalue weighted by Gasteiger charge is 2.27. The van der Waals surface area contributed by atoms with Crippen LogP contribution in [0, 0.1) is 0 Å². The number of amides is 2. The molecule has 0 aliphatic carbocycles. The maximum atomic E-state index is 11.9. The molecule has 1 fully saturated rings. The van der Waals surface area contributed by atoms with Gasteiger partial charge in [0.25, 0.3) is 0 Å². The van der Waals surface area contributed by atoms with Gasteiger partial charge in [-0.25, -0.2) is 17.5 Å². The molecule has 0 bridgehead atoms. The van der Waals surface area contributed by atoms with Gasteiger partial charge in [0.15, 0.2) is 0 Å². The normalized spacial score (nSPS) is 17.9. The Bertz CT molecular complexity index is 673. The summed E-state index contributed by atoms with van der Waals surface area (Å²) in [5.41, 5.74) is 0.669. The lowest BCUT2D eigenvalue weighted by Gasteiger charge is -2.31. The van der Waals surface area contributed by atoms with E-state index in [0.29, 0.717) is 36.5 Å². The van der Waals surface area contributed by atoms with Crippen LogP contribution >= 0.6 is 11.6 Å². The van der Waals surface area contributed by atoms with Crippen molar-refractivity contribution in [3.8, 4) is 0 Å². The number of aliphatic hydroxyl groups excluding tert-OH is 1. The van der Waals surface area contributed by atoms with Gasteiger partial charge in [0, 0.05) is 30.7 Å². The Morgan fingerprint density at radius 1 is 1.32 bits per heavy atom. The number of hydrogen-bond donors (Lipinski definition) is 3. The van der Waals surface area contributed by atoms with E-state index in [4.69, 9.17) is 11.6 Å². The second kappa shape index (κ2) is 8.84. The summed E-state index contributed by atoms with van der Waals surface area (Å²) in [6.07, 6.45) is 0.332. The lowest BCUT2D eigenvalue weighted by atomic mass is 10.1. The fraction of sp³-hybridized carbons (Fsp3) is 0.562. The zero-order chi connectivity index (χ0) is 18.4. The molecule has 9 heteroatoms. The van der Waals surface area contributed by atoms with Crippen molar-refractivity contribution in [3.63, 3.8) is 0 Å². The van der Waals surface area contributed by atoms with Crippen LogP contribution in [0.4, 0.5) is 4.79 Å². The van der Waals surface area contributed by atoms with Gasteiger partial charge in [-0.15, -0.1) is 0 Å². The van der Waals surface area contributed by atoms with Crippen molar-refractivity contribution >= 4 is 27.7 Å². The number of hydrogen-bond acceptors (Lipinski definition) is 4. The highest BCUT2D eigenvalue weighted by Crippen LogP contribution is 2.16. The minimum atomic E-state index is -3.17. The van der Waals surface area contributed by atoms with E-state index < -0.39 is 16.1 Å². The molecule has 3 N–H and O–H groups in total. The topological polar surface area (TPSA) is 98.7 Å². The van der Waals surface area contributed by atoms with E-state index in [1.54, 1.807) is 31.2 Å². The molecule has 2 rings (SSSR count). The van der Waals surface area contributed by atoms with Crippen LogP contribution in [0.1, 0.15) is 31.4 Å². The van der Waals surface area contributed by atoms with Gasteiger partial charge < -0.3 is 15.7 Å². The van der Waals surface area contributed by atoms with E-state index in [-0.39, 0.29) is 24.4 Å². The Kier molecular flexibility index (Phi) is 7.06. The van der Waals surface area contributed by atoms with Crippen LogP contribution in [-0.2, 0) is 10.0 Å². The Morgan fingerprint density at radius 2 is 1.92 bits per heavy atom. The number of sulfonamides is 1. The minimum absolute atomic E-state index is 0.0732. The smallest absolute Gasteiger partial charge is 0.315 e. The first-order chi connectivity index (χ1) is 11.8. The lowest BCUT2D eigenvalue weighted by Crippen LogP contribution is -2.49. The van der Waals surface area contributed by atoms with Gasteiger partial charge in [-0.05, 0) is 37.5 Å². The second-order valence-corrected chi connectivity index (χ2v) is 8.69. The van der Waals surface area contributed by atoms with E-state index >= 15 is 0 Å². The van der Waals surface area contributed by atoms with Crippen LogP contribution in [0.3, 0.4) is 0 Å². The molecular weight excluding hydrogens is 366 g/mol. The fourth-order valence-corrected chi connectivity index (χ4v) is 3.95. The van der Waals surface area contributed by atoms with Gasteiger partial charge in [-0.3, -0.25) is 0 Å². The summed E-state index contributed by atoms with van der Waals surface area (Å²) in [7, 11) is -3.17. The molecule has 1 aromatic carbocycles. The number of piperidine rings is 1. The number of halogens is 1. The first-order valence-corrected chi connectivity index (χ1v) is 10.3. The molecule has 1 saturated heterocycles. The van der Waals surface area contributed by atoms with Crippen LogP contribution in [0.25, 0.3) is 0 Å². The van der Waals surface area contributed by atoms with Crippen molar-refractivity contribution in [2.45, 2.75) is 31.9 Å². The standard InChI is InChI=1S/C16H24ClN3O4S/c1-2-25(23,24)20-9-7-14(8-10-20)19-16(22)18-11-15(21)12-3-5-13(17)6-4-12/h3-6,14-15,21H,2,7-11H2,1H3,(H2,18,19,22)/t15-/m1/s1. The summed E-state index contributed by atoms with van der Waals surface area (Å²) in [5.74, 6) is 0.0914. The van der Waals surface area contributed by atoms with Crippen molar-refractivity contribution in [1.29, 1.82) is 0 Å². The van der Waals surface area contributed by atoms with Crippen LogP contribution in [0.5, 0.6) is 0 Å². The van der Waals surface area contributed by atoms with Gasteiger partial charge in [-0.2, -0.15) is 0 Å². The lowest BCUT2D eigenvalue weighted by molar-refractivity contribution is 0.171. The van der Waals surface area contributed by atoms with Crippen molar-refractivity contribution in [2.75, 3.05) is 25.4 Å². The van der Waals surface area contributed by atoms with Gasteiger partial charge in [0.2, 0.25) is 10.0 Å². The third-order valence-corrected chi connectivity index (χ3v) is 6.39. The number of urea groups is 1. The number of carbonyl (C=O) groups excluding carboxylic acids is 1. The number of aliphatic hydroxyl groups is 1. The molecule has 0 aromatic heterocycles. The van der Waals surface area contributed by atoms with Crippen molar-refractivity contribution in [3.05, 3.63) is 34.9 Å². The quantitative estimate of drug-likeness (QED) is 0.686. The van der Waals surface area contributed by atoms with Gasteiger partial charge in [0.05, 0.1) is 11.9 Å². The zero-order valence-electron chi connectivity index (χ0n) is 14.1. The summed E-state index contributed by atoms with van der Waals surface area (Å²) in [6.45, 7) is 2.53.